The molecule has 1 atom stereocenters. The minimum atomic E-state index is -0.407. The van der Waals surface area contributed by atoms with E-state index in [2.05, 4.69) is 46.0 Å². The number of thioether (sulfide) groups is 1. The molecule has 0 saturated heterocycles. The van der Waals surface area contributed by atoms with E-state index in [-0.39, 0.29) is 6.03 Å². The smallest absolute Gasteiger partial charge is 0.319 e. The third-order valence-corrected chi connectivity index (χ3v) is 6.55. The molecule has 1 heterocycles. The maximum atomic E-state index is 12.6. The van der Waals surface area contributed by atoms with Crippen molar-refractivity contribution < 1.29 is 4.79 Å². The molecule has 0 bridgehead atoms. The zero-order valence-corrected chi connectivity index (χ0v) is 20.6. The highest BCUT2D eigenvalue weighted by Crippen LogP contribution is 2.28. The summed E-state index contributed by atoms with van der Waals surface area (Å²) in [7, 11) is 0. The molecule has 1 unspecified atom stereocenters. The number of hydrogen-bond acceptors (Lipinski definition) is 5. The van der Waals surface area contributed by atoms with Crippen molar-refractivity contribution in [2.75, 3.05) is 5.32 Å². The maximum absolute atomic E-state index is 12.6. The van der Waals surface area contributed by atoms with Crippen LogP contribution in [0.15, 0.2) is 78.0 Å². The van der Waals surface area contributed by atoms with Crippen LogP contribution < -0.4 is 10.6 Å². The minimum Gasteiger partial charge on any atom is -0.328 e. The molecular weight excluding hydrogens is 456 g/mol. The molecular formula is C27H26N6OS. The molecule has 0 saturated carbocycles. The van der Waals surface area contributed by atoms with E-state index >= 15 is 0 Å². The minimum absolute atomic E-state index is 0.366. The van der Waals surface area contributed by atoms with Gasteiger partial charge in [0.25, 0.3) is 0 Å². The first-order chi connectivity index (χ1) is 16.9. The molecule has 0 spiro atoms. The van der Waals surface area contributed by atoms with Gasteiger partial charge in [0, 0.05) is 17.1 Å². The van der Waals surface area contributed by atoms with Gasteiger partial charge >= 0.3 is 6.03 Å². The largest absolute Gasteiger partial charge is 0.328 e. The summed E-state index contributed by atoms with van der Waals surface area (Å²) < 4.78 is 2.00. The van der Waals surface area contributed by atoms with Gasteiger partial charge in [-0.2, -0.15) is 5.26 Å². The third kappa shape index (κ3) is 5.89. The zero-order valence-electron chi connectivity index (χ0n) is 19.8. The molecule has 4 aromatic rings. The molecule has 2 amide bonds. The fourth-order valence-corrected chi connectivity index (χ4v) is 4.60. The molecule has 7 nitrogen and oxygen atoms in total. The van der Waals surface area contributed by atoms with Crippen LogP contribution in [0.2, 0.25) is 0 Å². The predicted molar refractivity (Wildman–Crippen MR) is 139 cm³/mol. The van der Waals surface area contributed by atoms with Gasteiger partial charge in [-0.1, -0.05) is 53.7 Å². The predicted octanol–water partition coefficient (Wildman–Crippen LogP) is 5.93. The van der Waals surface area contributed by atoms with E-state index in [1.54, 1.807) is 36.0 Å². The number of urea groups is 1. The van der Waals surface area contributed by atoms with Crippen molar-refractivity contribution in [1.82, 2.24) is 20.1 Å². The second-order valence-corrected chi connectivity index (χ2v) is 9.18. The van der Waals surface area contributed by atoms with Crippen LogP contribution in [0.5, 0.6) is 0 Å². The highest BCUT2D eigenvalue weighted by Gasteiger charge is 2.21. The van der Waals surface area contributed by atoms with E-state index in [1.165, 1.54) is 11.1 Å². The number of benzene rings is 3. The van der Waals surface area contributed by atoms with Gasteiger partial charge in [-0.25, -0.2) is 4.79 Å². The summed E-state index contributed by atoms with van der Waals surface area (Å²) in [5, 5.41) is 24.4. The van der Waals surface area contributed by atoms with Crippen molar-refractivity contribution in [3.8, 4) is 11.8 Å². The number of aromatic nitrogens is 3. The Hall–Kier alpha value is -4.09. The Morgan fingerprint density at radius 1 is 1.03 bits per heavy atom. The highest BCUT2D eigenvalue weighted by atomic mass is 32.2. The van der Waals surface area contributed by atoms with E-state index in [0.717, 1.165) is 22.2 Å². The Bertz CT molecular complexity index is 1360. The van der Waals surface area contributed by atoms with Crippen molar-refractivity contribution in [2.45, 2.75) is 37.7 Å². The Morgan fingerprint density at radius 3 is 2.43 bits per heavy atom. The lowest BCUT2D eigenvalue weighted by Crippen LogP contribution is -2.32. The number of nitrogens with one attached hydrogen (secondary N) is 2. The second kappa shape index (κ2) is 10.9. The Morgan fingerprint density at radius 2 is 1.74 bits per heavy atom. The van der Waals surface area contributed by atoms with Gasteiger partial charge in [-0.15, -0.1) is 10.2 Å². The van der Waals surface area contributed by atoms with Gasteiger partial charge in [0.15, 0.2) is 11.0 Å². The molecule has 0 aliphatic heterocycles. The number of anilines is 1. The second-order valence-electron chi connectivity index (χ2n) is 8.24. The number of nitriles is 1. The SMILES string of the molecule is Cc1ccc(-n2c(SCc3ccccc3C)nnc2C(C)NC(=O)Nc2ccc(C#N)cc2)cc1. The van der Waals surface area contributed by atoms with Crippen LogP contribution in [0.3, 0.4) is 0 Å². The number of hydrogen-bond donors (Lipinski definition) is 2. The number of rotatable bonds is 7. The van der Waals surface area contributed by atoms with E-state index in [1.807, 2.05) is 54.8 Å². The van der Waals surface area contributed by atoms with Crippen LogP contribution in [-0.4, -0.2) is 20.8 Å². The lowest BCUT2D eigenvalue weighted by molar-refractivity contribution is 0.249. The Kier molecular flexibility index (Phi) is 7.48. The van der Waals surface area contributed by atoms with Gasteiger partial charge in [-0.3, -0.25) is 4.57 Å². The topological polar surface area (TPSA) is 95.6 Å². The standard InChI is InChI=1S/C27H26N6OS/c1-18-8-14-24(15-9-18)33-25(31-32-27(33)35-17-22-7-5-4-6-19(22)2)20(3)29-26(34)30-23-12-10-21(16-28)11-13-23/h4-15,20H,17H2,1-3H3,(H2,29,30,34). The summed E-state index contributed by atoms with van der Waals surface area (Å²) in [6, 6.07) is 24.4. The van der Waals surface area contributed by atoms with Gasteiger partial charge in [-0.05, 0) is 68.3 Å². The quantitative estimate of drug-likeness (QED) is 0.318. The molecule has 0 aliphatic carbocycles. The fourth-order valence-electron chi connectivity index (χ4n) is 3.56. The first kappa shape index (κ1) is 24.0. The normalized spacial score (nSPS) is 11.5. The van der Waals surface area contributed by atoms with Crippen molar-refractivity contribution in [2.24, 2.45) is 0 Å². The van der Waals surface area contributed by atoms with Crippen molar-refractivity contribution >= 4 is 23.5 Å². The molecule has 0 aliphatic rings. The summed E-state index contributed by atoms with van der Waals surface area (Å²) in [6.07, 6.45) is 0. The van der Waals surface area contributed by atoms with E-state index in [0.29, 0.717) is 17.1 Å². The number of amides is 2. The summed E-state index contributed by atoms with van der Waals surface area (Å²) in [6.45, 7) is 6.02. The van der Waals surface area contributed by atoms with Gasteiger partial charge in [0.2, 0.25) is 0 Å². The first-order valence-corrected chi connectivity index (χ1v) is 12.2. The number of carbonyl (C=O) groups excluding carboxylic acids is 1. The van der Waals surface area contributed by atoms with Crippen LogP contribution in [0.4, 0.5) is 10.5 Å². The average Bonchev–Trinajstić information content (AvgIpc) is 3.28. The molecule has 2 N–H and O–H groups in total. The van der Waals surface area contributed by atoms with Gasteiger partial charge < -0.3 is 10.6 Å². The van der Waals surface area contributed by atoms with Crippen LogP contribution in [0.1, 0.15) is 41.0 Å². The Labute approximate surface area is 209 Å². The average molecular weight is 483 g/mol. The summed E-state index contributed by atoms with van der Waals surface area (Å²) in [5.74, 6) is 1.40. The number of nitrogens with zero attached hydrogens (tertiary/aromatic N) is 4. The molecule has 176 valence electrons. The van der Waals surface area contributed by atoms with Crippen LogP contribution in [0.25, 0.3) is 5.69 Å². The number of aryl methyl sites for hydroxylation is 2. The molecule has 1 aromatic heterocycles. The summed E-state index contributed by atoms with van der Waals surface area (Å²) in [4.78, 5) is 12.6. The van der Waals surface area contributed by atoms with Gasteiger partial charge in [0.1, 0.15) is 0 Å². The Balaban J connectivity index is 1.55. The van der Waals surface area contributed by atoms with E-state index in [9.17, 15) is 4.79 Å². The van der Waals surface area contributed by atoms with Crippen molar-refractivity contribution in [3.63, 3.8) is 0 Å². The van der Waals surface area contributed by atoms with Gasteiger partial charge in [0.05, 0.1) is 17.7 Å². The van der Waals surface area contributed by atoms with E-state index < -0.39 is 6.04 Å². The number of carbonyl (C=O) groups is 1. The lowest BCUT2D eigenvalue weighted by atomic mass is 10.1. The molecule has 8 heteroatoms. The zero-order chi connectivity index (χ0) is 24.8. The van der Waals surface area contributed by atoms with Crippen LogP contribution in [0, 0.1) is 25.2 Å². The maximum Gasteiger partial charge on any atom is 0.319 e. The summed E-state index contributed by atoms with van der Waals surface area (Å²) in [5.41, 5.74) is 5.70. The first-order valence-electron chi connectivity index (χ1n) is 11.2. The van der Waals surface area contributed by atoms with Crippen molar-refractivity contribution in [3.05, 3.63) is 101 Å². The molecule has 4 rings (SSSR count). The van der Waals surface area contributed by atoms with Crippen molar-refractivity contribution in [1.29, 1.82) is 5.26 Å². The third-order valence-electron chi connectivity index (χ3n) is 5.58. The van der Waals surface area contributed by atoms with E-state index in [4.69, 9.17) is 5.26 Å². The summed E-state index contributed by atoms with van der Waals surface area (Å²) >= 11 is 1.61. The monoisotopic (exact) mass is 482 g/mol. The molecule has 35 heavy (non-hydrogen) atoms. The molecule has 0 fully saturated rings. The van der Waals surface area contributed by atoms with Crippen LogP contribution >= 0.6 is 11.8 Å². The molecule has 3 aromatic carbocycles. The molecule has 0 radical (unpaired) electrons. The van der Waals surface area contributed by atoms with Crippen LogP contribution in [-0.2, 0) is 5.75 Å². The highest BCUT2D eigenvalue weighted by molar-refractivity contribution is 7.98. The fraction of sp³-hybridized carbons (Fsp3) is 0.185. The lowest BCUT2D eigenvalue weighted by Gasteiger charge is -2.17.